The number of nitrogens with zero attached hydrogens (tertiary/aromatic N) is 1. The molecule has 1 aromatic carbocycles. The first-order valence-electron chi connectivity index (χ1n) is 6.32. The van der Waals surface area contributed by atoms with Crippen molar-refractivity contribution in [2.75, 3.05) is 20.2 Å². The number of carbonyl (C=O) groups is 2. The van der Waals surface area contributed by atoms with E-state index in [-0.39, 0.29) is 0 Å². The lowest BCUT2D eigenvalue weighted by atomic mass is 10.2. The molecule has 0 saturated carbocycles. The van der Waals surface area contributed by atoms with Crippen LogP contribution in [0.3, 0.4) is 0 Å². The van der Waals surface area contributed by atoms with Gasteiger partial charge in [0.2, 0.25) is 0 Å². The maximum atomic E-state index is 11.7. The van der Waals surface area contributed by atoms with Crippen LogP contribution in [0.5, 0.6) is 5.75 Å². The summed E-state index contributed by atoms with van der Waals surface area (Å²) in [5.74, 6) is -0.299. The van der Waals surface area contributed by atoms with Gasteiger partial charge in [-0.3, -0.25) is 9.59 Å². The van der Waals surface area contributed by atoms with E-state index >= 15 is 0 Å². The van der Waals surface area contributed by atoms with E-state index in [4.69, 9.17) is 4.74 Å². The molecule has 0 atom stereocenters. The Labute approximate surface area is 113 Å². The van der Waals surface area contributed by atoms with Crippen molar-refractivity contribution in [2.24, 2.45) is 0 Å². The zero-order valence-electron chi connectivity index (χ0n) is 11.6. The molecule has 5 heteroatoms. The van der Waals surface area contributed by atoms with Crippen molar-refractivity contribution in [1.82, 2.24) is 10.2 Å². The molecule has 0 aromatic heterocycles. The van der Waals surface area contributed by atoms with Gasteiger partial charge in [-0.2, -0.15) is 0 Å². The molecule has 0 unspecified atom stereocenters. The summed E-state index contributed by atoms with van der Waals surface area (Å²) in [7, 11) is 1.60. The fraction of sp³-hybridized carbons (Fsp3) is 0.429. The predicted molar refractivity (Wildman–Crippen MR) is 72.8 cm³/mol. The average molecular weight is 264 g/mol. The number of methoxy groups -OCH3 is 1. The van der Waals surface area contributed by atoms with E-state index in [1.165, 1.54) is 4.90 Å². The lowest BCUT2D eigenvalue weighted by Crippen LogP contribution is -2.42. The van der Waals surface area contributed by atoms with Gasteiger partial charge in [0.1, 0.15) is 5.75 Å². The summed E-state index contributed by atoms with van der Waals surface area (Å²) in [5.41, 5.74) is 0.918. The number of likely N-dealkylation sites (N-methyl/N-ethyl adjacent to an activating group) is 1. The van der Waals surface area contributed by atoms with E-state index < -0.39 is 11.8 Å². The maximum Gasteiger partial charge on any atom is 0.311 e. The van der Waals surface area contributed by atoms with Crippen LogP contribution in [-0.2, 0) is 16.1 Å². The van der Waals surface area contributed by atoms with Gasteiger partial charge in [-0.15, -0.1) is 0 Å². The van der Waals surface area contributed by atoms with Gasteiger partial charge in [0, 0.05) is 19.6 Å². The molecule has 0 fully saturated rings. The number of hydrogen-bond acceptors (Lipinski definition) is 3. The van der Waals surface area contributed by atoms with E-state index in [1.54, 1.807) is 7.11 Å². The molecule has 0 spiro atoms. The molecule has 1 rings (SSSR count). The Hall–Kier alpha value is -2.04. The van der Waals surface area contributed by atoms with Gasteiger partial charge >= 0.3 is 11.8 Å². The molecule has 0 aliphatic carbocycles. The fourth-order valence-corrected chi connectivity index (χ4v) is 1.66. The van der Waals surface area contributed by atoms with Gasteiger partial charge in [-0.1, -0.05) is 12.1 Å². The normalized spacial score (nSPS) is 9.84. The fourth-order valence-electron chi connectivity index (χ4n) is 1.66. The highest BCUT2D eigenvalue weighted by atomic mass is 16.5. The molecule has 0 bridgehead atoms. The Kier molecular flexibility index (Phi) is 5.85. The molecule has 0 heterocycles. The summed E-state index contributed by atoms with van der Waals surface area (Å²) in [6.07, 6.45) is 0. The molecule has 0 aliphatic rings. The van der Waals surface area contributed by atoms with Gasteiger partial charge < -0.3 is 15.0 Å². The molecular formula is C14H20N2O3. The maximum absolute atomic E-state index is 11.7. The lowest BCUT2D eigenvalue weighted by Gasteiger charge is -2.17. The molecule has 1 N–H and O–H groups in total. The summed E-state index contributed by atoms with van der Waals surface area (Å²) in [4.78, 5) is 24.9. The van der Waals surface area contributed by atoms with E-state index in [9.17, 15) is 9.59 Å². The first kappa shape index (κ1) is 15.0. The van der Waals surface area contributed by atoms with Crippen LogP contribution >= 0.6 is 0 Å². The van der Waals surface area contributed by atoms with Crippen LogP contribution in [0.25, 0.3) is 0 Å². The molecular weight excluding hydrogens is 244 g/mol. The minimum atomic E-state index is -0.570. The summed E-state index contributed by atoms with van der Waals surface area (Å²) in [6, 6.07) is 7.32. The summed E-state index contributed by atoms with van der Waals surface area (Å²) in [6.45, 7) is 5.09. The van der Waals surface area contributed by atoms with Crippen LogP contribution in [-0.4, -0.2) is 36.9 Å². The first-order chi connectivity index (χ1) is 9.12. The van der Waals surface area contributed by atoms with Gasteiger partial charge in [0.05, 0.1) is 7.11 Å². The number of rotatable bonds is 5. The average Bonchev–Trinajstić information content (AvgIpc) is 2.46. The second-order valence-corrected chi connectivity index (χ2v) is 4.01. The van der Waals surface area contributed by atoms with Crippen LogP contribution in [0.1, 0.15) is 19.4 Å². The van der Waals surface area contributed by atoms with Crippen molar-refractivity contribution in [1.29, 1.82) is 0 Å². The highest BCUT2D eigenvalue weighted by Crippen LogP contribution is 2.10. The second kappa shape index (κ2) is 7.41. The lowest BCUT2D eigenvalue weighted by molar-refractivity contribution is -0.145. The van der Waals surface area contributed by atoms with Gasteiger partial charge in [0.25, 0.3) is 0 Å². The molecule has 19 heavy (non-hydrogen) atoms. The van der Waals surface area contributed by atoms with Crippen LogP contribution in [0.15, 0.2) is 24.3 Å². The number of nitrogens with one attached hydrogen (secondary N) is 1. The Morgan fingerprint density at radius 3 is 2.21 bits per heavy atom. The highest BCUT2D eigenvalue weighted by molar-refractivity contribution is 6.34. The number of ether oxygens (including phenoxy) is 1. The Bertz CT molecular complexity index is 425. The van der Waals surface area contributed by atoms with Crippen molar-refractivity contribution in [3.8, 4) is 5.75 Å². The van der Waals surface area contributed by atoms with Crippen molar-refractivity contribution in [2.45, 2.75) is 20.4 Å². The summed E-state index contributed by atoms with van der Waals surface area (Å²) >= 11 is 0. The SMILES string of the molecule is CCN(CC)C(=O)C(=O)NCc1ccc(OC)cc1. The molecule has 104 valence electrons. The number of amides is 2. The molecule has 1 aromatic rings. The summed E-state index contributed by atoms with van der Waals surface area (Å²) < 4.78 is 5.05. The predicted octanol–water partition coefficient (Wildman–Crippen LogP) is 1.18. The van der Waals surface area contributed by atoms with Gasteiger partial charge in [0.15, 0.2) is 0 Å². The summed E-state index contributed by atoms with van der Waals surface area (Å²) in [5, 5.41) is 2.61. The minimum Gasteiger partial charge on any atom is -0.497 e. The molecule has 0 aliphatic heterocycles. The van der Waals surface area contributed by atoms with Crippen LogP contribution in [0.4, 0.5) is 0 Å². The van der Waals surface area contributed by atoms with Crippen LogP contribution in [0, 0.1) is 0 Å². The molecule has 2 amide bonds. The van der Waals surface area contributed by atoms with E-state index in [0.29, 0.717) is 19.6 Å². The largest absolute Gasteiger partial charge is 0.497 e. The Balaban J connectivity index is 2.51. The van der Waals surface area contributed by atoms with Crippen molar-refractivity contribution >= 4 is 11.8 Å². The van der Waals surface area contributed by atoms with Gasteiger partial charge in [-0.05, 0) is 31.5 Å². The van der Waals surface area contributed by atoms with Crippen molar-refractivity contribution in [3.63, 3.8) is 0 Å². The second-order valence-electron chi connectivity index (χ2n) is 4.01. The van der Waals surface area contributed by atoms with E-state index in [2.05, 4.69) is 5.32 Å². The first-order valence-corrected chi connectivity index (χ1v) is 6.32. The van der Waals surface area contributed by atoms with Crippen LogP contribution in [0.2, 0.25) is 0 Å². The molecule has 0 saturated heterocycles. The number of benzene rings is 1. The van der Waals surface area contributed by atoms with E-state index in [0.717, 1.165) is 11.3 Å². The standard InChI is InChI=1S/C14H20N2O3/c1-4-16(5-2)14(18)13(17)15-10-11-6-8-12(19-3)9-7-11/h6-9H,4-5,10H2,1-3H3,(H,15,17). The third kappa shape index (κ3) is 4.28. The number of hydrogen-bond donors (Lipinski definition) is 1. The monoisotopic (exact) mass is 264 g/mol. The van der Waals surface area contributed by atoms with Crippen LogP contribution < -0.4 is 10.1 Å². The molecule has 5 nitrogen and oxygen atoms in total. The Morgan fingerprint density at radius 2 is 1.74 bits per heavy atom. The zero-order valence-corrected chi connectivity index (χ0v) is 11.6. The highest BCUT2D eigenvalue weighted by Gasteiger charge is 2.18. The zero-order chi connectivity index (χ0) is 14.3. The van der Waals surface area contributed by atoms with Crippen molar-refractivity contribution < 1.29 is 14.3 Å². The minimum absolute atomic E-state index is 0.329. The smallest absolute Gasteiger partial charge is 0.311 e. The number of carbonyl (C=O) groups excluding carboxylic acids is 2. The third-order valence-electron chi connectivity index (χ3n) is 2.86. The third-order valence-corrected chi connectivity index (χ3v) is 2.86. The molecule has 0 radical (unpaired) electrons. The Morgan fingerprint density at radius 1 is 1.16 bits per heavy atom. The van der Waals surface area contributed by atoms with E-state index in [1.807, 2.05) is 38.1 Å². The topological polar surface area (TPSA) is 58.6 Å². The van der Waals surface area contributed by atoms with Crippen molar-refractivity contribution in [3.05, 3.63) is 29.8 Å². The quantitative estimate of drug-likeness (QED) is 0.812. The van der Waals surface area contributed by atoms with Gasteiger partial charge in [-0.25, -0.2) is 0 Å².